The van der Waals surface area contributed by atoms with Crippen molar-refractivity contribution in [2.75, 3.05) is 0 Å². The van der Waals surface area contributed by atoms with Crippen LogP contribution in [0.3, 0.4) is 0 Å². The van der Waals surface area contributed by atoms with E-state index in [0.29, 0.717) is 0 Å². The highest BCUT2D eigenvalue weighted by Gasteiger charge is 2.02. The smallest absolute Gasteiger partial charge is 0.0628 e. The molecule has 1 atom stereocenters. The molecular weight excluding hydrogens is 152 g/mol. The largest absolute Gasteiger partial charge is 0.393 e. The summed E-state index contributed by atoms with van der Waals surface area (Å²) in [5.41, 5.74) is 2.23. The van der Waals surface area contributed by atoms with Crippen LogP contribution in [0.1, 0.15) is 24.7 Å². The van der Waals surface area contributed by atoms with Crippen molar-refractivity contribution in [3.63, 3.8) is 0 Å². The van der Waals surface area contributed by atoms with E-state index in [2.05, 4.69) is 11.2 Å². The van der Waals surface area contributed by atoms with Gasteiger partial charge in [0.1, 0.15) is 0 Å². The van der Waals surface area contributed by atoms with Gasteiger partial charge in [-0.05, 0) is 32.8 Å². The van der Waals surface area contributed by atoms with E-state index in [4.69, 9.17) is 5.11 Å². The molecule has 0 radical (unpaired) electrons. The minimum Gasteiger partial charge on any atom is -0.393 e. The van der Waals surface area contributed by atoms with Crippen LogP contribution in [0.5, 0.6) is 0 Å². The third kappa shape index (κ3) is 2.34. The first kappa shape index (κ1) is 9.26. The second kappa shape index (κ2) is 3.72. The van der Waals surface area contributed by atoms with Crippen molar-refractivity contribution in [1.82, 2.24) is 9.78 Å². The summed E-state index contributed by atoms with van der Waals surface area (Å²) in [6.45, 7) is 3.83. The van der Waals surface area contributed by atoms with Crippen LogP contribution in [-0.4, -0.2) is 21.0 Å². The summed E-state index contributed by atoms with van der Waals surface area (Å²) in [5, 5.41) is 13.3. The molecule has 3 heteroatoms. The summed E-state index contributed by atoms with van der Waals surface area (Å²) >= 11 is 0. The maximum absolute atomic E-state index is 9.06. The molecule has 1 rings (SSSR count). The SMILES string of the molecule is Cc1cc(CC[C@H](C)O)nn1C. The van der Waals surface area contributed by atoms with E-state index in [-0.39, 0.29) is 6.10 Å². The molecule has 0 saturated carbocycles. The van der Waals surface area contributed by atoms with Gasteiger partial charge in [0.25, 0.3) is 0 Å². The lowest BCUT2D eigenvalue weighted by atomic mass is 10.2. The number of aromatic nitrogens is 2. The van der Waals surface area contributed by atoms with Gasteiger partial charge in [-0.15, -0.1) is 0 Å². The minimum absolute atomic E-state index is 0.229. The molecule has 0 unspecified atom stereocenters. The molecule has 0 bridgehead atoms. The van der Waals surface area contributed by atoms with Crippen molar-refractivity contribution < 1.29 is 5.11 Å². The molecule has 1 aromatic heterocycles. The highest BCUT2D eigenvalue weighted by molar-refractivity contribution is 5.08. The van der Waals surface area contributed by atoms with Crippen molar-refractivity contribution in [3.05, 3.63) is 17.5 Å². The number of rotatable bonds is 3. The van der Waals surface area contributed by atoms with Crippen molar-refractivity contribution in [3.8, 4) is 0 Å². The average molecular weight is 168 g/mol. The Labute approximate surface area is 73.0 Å². The molecule has 0 aromatic carbocycles. The Morgan fingerprint density at radius 3 is 2.75 bits per heavy atom. The van der Waals surface area contributed by atoms with Crippen LogP contribution in [0.15, 0.2) is 6.07 Å². The van der Waals surface area contributed by atoms with Crippen LogP contribution in [0.25, 0.3) is 0 Å². The van der Waals surface area contributed by atoms with E-state index in [1.54, 1.807) is 6.92 Å². The van der Waals surface area contributed by atoms with Crippen LogP contribution in [0, 0.1) is 6.92 Å². The molecule has 0 aliphatic rings. The Hall–Kier alpha value is -0.830. The lowest BCUT2D eigenvalue weighted by Gasteiger charge is -1.99. The van der Waals surface area contributed by atoms with Crippen molar-refractivity contribution in [2.24, 2.45) is 7.05 Å². The van der Waals surface area contributed by atoms with Gasteiger partial charge in [0.15, 0.2) is 0 Å². The quantitative estimate of drug-likeness (QED) is 0.732. The highest BCUT2D eigenvalue weighted by atomic mass is 16.3. The third-order valence-corrected chi connectivity index (χ3v) is 1.98. The Kier molecular flexibility index (Phi) is 2.87. The number of nitrogens with zero attached hydrogens (tertiary/aromatic N) is 2. The Morgan fingerprint density at radius 2 is 2.33 bits per heavy atom. The number of aryl methyl sites for hydroxylation is 3. The third-order valence-electron chi connectivity index (χ3n) is 1.98. The van der Waals surface area contributed by atoms with E-state index in [1.807, 2.05) is 18.7 Å². The molecule has 1 aromatic rings. The molecule has 0 spiro atoms. The van der Waals surface area contributed by atoms with E-state index >= 15 is 0 Å². The van der Waals surface area contributed by atoms with Gasteiger partial charge >= 0.3 is 0 Å². The lowest BCUT2D eigenvalue weighted by Crippen LogP contribution is -2.02. The van der Waals surface area contributed by atoms with Gasteiger partial charge in [-0.3, -0.25) is 4.68 Å². The molecule has 1 N–H and O–H groups in total. The first-order valence-electron chi connectivity index (χ1n) is 4.27. The normalized spacial score (nSPS) is 13.3. The fourth-order valence-corrected chi connectivity index (χ4v) is 1.11. The molecule has 3 nitrogen and oxygen atoms in total. The number of aliphatic hydroxyl groups excluding tert-OH is 1. The number of hydrogen-bond donors (Lipinski definition) is 1. The van der Waals surface area contributed by atoms with Gasteiger partial charge in [-0.25, -0.2) is 0 Å². The standard InChI is InChI=1S/C9H16N2O/c1-7-6-9(10-11(7)3)5-4-8(2)12/h6,8,12H,4-5H2,1-3H3/t8-/m0/s1. The molecular formula is C9H16N2O. The van der Waals surface area contributed by atoms with E-state index in [9.17, 15) is 0 Å². The van der Waals surface area contributed by atoms with Crippen LogP contribution >= 0.6 is 0 Å². The van der Waals surface area contributed by atoms with Crippen LogP contribution in [-0.2, 0) is 13.5 Å². The molecule has 12 heavy (non-hydrogen) atoms. The Bertz CT molecular complexity index is 234. The van der Waals surface area contributed by atoms with Crippen molar-refractivity contribution >= 4 is 0 Å². The average Bonchev–Trinajstić information content (AvgIpc) is 2.28. The van der Waals surface area contributed by atoms with Crippen LogP contribution < -0.4 is 0 Å². The topological polar surface area (TPSA) is 38.1 Å². The molecule has 68 valence electrons. The summed E-state index contributed by atoms with van der Waals surface area (Å²) in [6, 6.07) is 2.06. The summed E-state index contributed by atoms with van der Waals surface area (Å²) < 4.78 is 1.86. The fourth-order valence-electron chi connectivity index (χ4n) is 1.11. The van der Waals surface area contributed by atoms with E-state index in [0.717, 1.165) is 24.2 Å². The Morgan fingerprint density at radius 1 is 1.67 bits per heavy atom. The maximum Gasteiger partial charge on any atom is 0.0628 e. The zero-order valence-corrected chi connectivity index (χ0v) is 7.91. The van der Waals surface area contributed by atoms with Gasteiger partial charge in [0, 0.05) is 12.7 Å². The van der Waals surface area contributed by atoms with Gasteiger partial charge in [-0.1, -0.05) is 0 Å². The monoisotopic (exact) mass is 168 g/mol. The lowest BCUT2D eigenvalue weighted by molar-refractivity contribution is 0.184. The minimum atomic E-state index is -0.229. The first-order valence-corrected chi connectivity index (χ1v) is 4.27. The number of hydrogen-bond acceptors (Lipinski definition) is 2. The van der Waals surface area contributed by atoms with Gasteiger partial charge in [-0.2, -0.15) is 5.10 Å². The number of aliphatic hydroxyl groups is 1. The second-order valence-corrected chi connectivity index (χ2v) is 3.29. The summed E-state index contributed by atoms with van der Waals surface area (Å²) in [6.07, 6.45) is 1.42. The Balaban J connectivity index is 2.53. The maximum atomic E-state index is 9.06. The van der Waals surface area contributed by atoms with E-state index < -0.39 is 0 Å². The molecule has 0 aliphatic carbocycles. The van der Waals surface area contributed by atoms with Crippen LogP contribution in [0.4, 0.5) is 0 Å². The first-order chi connectivity index (χ1) is 5.59. The van der Waals surface area contributed by atoms with Crippen molar-refractivity contribution in [1.29, 1.82) is 0 Å². The molecule has 0 fully saturated rings. The van der Waals surface area contributed by atoms with Crippen molar-refractivity contribution in [2.45, 2.75) is 32.8 Å². The van der Waals surface area contributed by atoms with Gasteiger partial charge < -0.3 is 5.11 Å². The zero-order valence-electron chi connectivity index (χ0n) is 7.91. The summed E-state index contributed by atoms with van der Waals surface area (Å²) in [4.78, 5) is 0. The molecule has 1 heterocycles. The van der Waals surface area contributed by atoms with Crippen LogP contribution in [0.2, 0.25) is 0 Å². The molecule has 0 aliphatic heterocycles. The summed E-state index contributed by atoms with van der Waals surface area (Å²) in [7, 11) is 1.93. The predicted octanol–water partition coefficient (Wildman–Crippen LogP) is 1.04. The second-order valence-electron chi connectivity index (χ2n) is 3.29. The fraction of sp³-hybridized carbons (Fsp3) is 0.667. The summed E-state index contributed by atoms with van der Waals surface area (Å²) in [5.74, 6) is 0. The molecule has 0 saturated heterocycles. The van der Waals surface area contributed by atoms with E-state index in [1.165, 1.54) is 0 Å². The predicted molar refractivity (Wildman–Crippen MR) is 47.9 cm³/mol. The van der Waals surface area contributed by atoms with Gasteiger partial charge in [0.05, 0.1) is 11.8 Å². The van der Waals surface area contributed by atoms with Gasteiger partial charge in [0.2, 0.25) is 0 Å². The zero-order chi connectivity index (χ0) is 9.14. The highest BCUT2D eigenvalue weighted by Crippen LogP contribution is 2.05. The molecule has 0 amide bonds.